The van der Waals surface area contributed by atoms with Crippen molar-refractivity contribution in [1.82, 2.24) is 0 Å². The maximum absolute atomic E-state index is 6.81. The molecule has 6 heteroatoms. The van der Waals surface area contributed by atoms with Gasteiger partial charge in [-0.15, -0.1) is 0 Å². The van der Waals surface area contributed by atoms with Gasteiger partial charge in [0.05, 0.1) is 39.6 Å². The Kier molecular flexibility index (Phi) is 22.9. The van der Waals surface area contributed by atoms with E-state index in [4.69, 9.17) is 28.4 Å². The lowest BCUT2D eigenvalue weighted by atomic mass is 9.87. The van der Waals surface area contributed by atoms with Crippen molar-refractivity contribution in [3.8, 4) is 0 Å². The molecule has 3 aliphatic carbocycles. The van der Waals surface area contributed by atoms with Crippen LogP contribution in [0.25, 0.3) is 32.3 Å². The van der Waals surface area contributed by atoms with E-state index in [1.165, 1.54) is 215 Å². The zero-order valence-electron chi connectivity index (χ0n) is 45.0. The topological polar surface area (TPSA) is 55.4 Å². The Hall–Kier alpha value is -2.58. The van der Waals surface area contributed by atoms with Gasteiger partial charge in [0.1, 0.15) is 0 Å². The maximum atomic E-state index is 6.81. The van der Waals surface area contributed by atoms with Gasteiger partial charge >= 0.3 is 0 Å². The molecule has 0 saturated carbocycles. The van der Waals surface area contributed by atoms with Crippen molar-refractivity contribution in [3.63, 3.8) is 0 Å². The molecule has 0 N–H and O–H groups in total. The lowest BCUT2D eigenvalue weighted by Gasteiger charge is -2.20. The van der Waals surface area contributed by atoms with E-state index in [1.54, 1.807) is 0 Å². The zero-order valence-corrected chi connectivity index (χ0v) is 45.0. The van der Waals surface area contributed by atoms with Crippen molar-refractivity contribution in [1.29, 1.82) is 0 Å². The summed E-state index contributed by atoms with van der Waals surface area (Å²) >= 11 is 0. The van der Waals surface area contributed by atoms with Crippen LogP contribution >= 0.6 is 0 Å². The Morgan fingerprint density at radius 2 is 0.377 bits per heavy atom. The Labute approximate surface area is 420 Å². The first-order valence-corrected chi connectivity index (χ1v) is 29.2. The molecule has 0 bridgehead atoms. The highest BCUT2D eigenvalue weighted by atomic mass is 16.5. The predicted molar refractivity (Wildman–Crippen MR) is 290 cm³/mol. The first-order chi connectivity index (χ1) is 34.1. The Morgan fingerprint density at radius 3 is 0.522 bits per heavy atom. The van der Waals surface area contributed by atoms with E-state index in [-0.39, 0.29) is 0 Å². The van der Waals surface area contributed by atoms with Gasteiger partial charge in [-0.05, 0) is 157 Å². The fraction of sp³-hybridized carbons (Fsp3) is 0.714. The van der Waals surface area contributed by atoms with Crippen molar-refractivity contribution in [2.75, 3.05) is 39.6 Å². The Balaban J connectivity index is 1.41. The third-order valence-corrected chi connectivity index (χ3v) is 16.0. The molecule has 4 aromatic rings. The summed E-state index contributed by atoms with van der Waals surface area (Å²) in [5, 5.41) is 9.05. The third kappa shape index (κ3) is 13.2. The first-order valence-electron chi connectivity index (χ1n) is 29.2. The van der Waals surface area contributed by atoms with Crippen LogP contribution in [-0.4, -0.2) is 39.6 Å². The second kappa shape index (κ2) is 29.2. The number of rotatable bonds is 42. The maximum Gasteiger partial charge on any atom is 0.0723 e. The molecule has 0 fully saturated rings. The summed E-state index contributed by atoms with van der Waals surface area (Å²) in [5.41, 5.74) is 17.3. The van der Waals surface area contributed by atoms with Crippen molar-refractivity contribution in [2.24, 2.45) is 0 Å². The molecule has 0 aromatic heterocycles. The highest BCUT2D eigenvalue weighted by Crippen LogP contribution is 2.58. The molecule has 0 unspecified atom stereocenters. The van der Waals surface area contributed by atoms with Crippen molar-refractivity contribution < 1.29 is 28.4 Å². The van der Waals surface area contributed by atoms with Crippen LogP contribution in [0.3, 0.4) is 0 Å². The molecule has 0 heterocycles. The highest BCUT2D eigenvalue weighted by Gasteiger charge is 2.40. The monoisotopic (exact) mass is 949 g/mol. The summed E-state index contributed by atoms with van der Waals surface area (Å²) in [6.45, 7) is 22.4. The number of benzene rings is 4. The van der Waals surface area contributed by atoms with Crippen LogP contribution in [0.15, 0.2) is 0 Å². The summed E-state index contributed by atoms with van der Waals surface area (Å²) in [6.07, 6.45) is 31.8. The first kappa shape index (κ1) is 54.2. The number of hydrogen-bond acceptors (Lipinski definition) is 6. The van der Waals surface area contributed by atoms with Gasteiger partial charge in [-0.1, -0.05) is 157 Å². The molecule has 0 saturated heterocycles. The third-order valence-electron chi connectivity index (χ3n) is 16.0. The van der Waals surface area contributed by atoms with Crippen LogP contribution in [0.5, 0.6) is 0 Å². The van der Waals surface area contributed by atoms with Crippen LogP contribution < -0.4 is 0 Å². The average Bonchev–Trinajstić information content (AvgIpc) is 4.07. The molecule has 0 aliphatic heterocycles. The van der Waals surface area contributed by atoms with Gasteiger partial charge in [0.25, 0.3) is 0 Å². The van der Waals surface area contributed by atoms with E-state index < -0.39 is 0 Å². The lowest BCUT2D eigenvalue weighted by molar-refractivity contribution is 0.102. The molecule has 7 rings (SSSR count). The van der Waals surface area contributed by atoms with Gasteiger partial charge in [0, 0.05) is 39.6 Å². The summed E-state index contributed by atoms with van der Waals surface area (Å²) in [7, 11) is 0. The second-order valence-electron chi connectivity index (χ2n) is 21.2. The molecule has 6 nitrogen and oxygen atoms in total. The zero-order chi connectivity index (χ0) is 48.2. The van der Waals surface area contributed by atoms with Crippen LogP contribution in [0.2, 0.25) is 0 Å². The quantitative estimate of drug-likeness (QED) is 0.0281. The second-order valence-corrected chi connectivity index (χ2v) is 21.2. The molecule has 3 aliphatic rings. The van der Waals surface area contributed by atoms with E-state index >= 15 is 0 Å². The Bertz CT molecular complexity index is 1790. The summed E-state index contributed by atoms with van der Waals surface area (Å²) in [4.78, 5) is 0. The molecule has 69 heavy (non-hydrogen) atoms. The predicted octanol–water partition coefficient (Wildman–Crippen LogP) is 17.4. The average molecular weight is 949 g/mol. The van der Waals surface area contributed by atoms with Gasteiger partial charge in [0.15, 0.2) is 0 Å². The SMILES string of the molecule is CCCCCCOCc1c(COCCCCCC)c2c3c4c1Cc1c(COCCCCCC)c(COCCCCCC)c5c(c14)c1c(c(COCCCCCC)c(COCCCCCC)c(c31)C2)C5. The molecular formula is C63H96O6. The van der Waals surface area contributed by atoms with Gasteiger partial charge in [-0.25, -0.2) is 0 Å². The molecule has 4 aromatic carbocycles. The fourth-order valence-corrected chi connectivity index (χ4v) is 12.1. The van der Waals surface area contributed by atoms with Gasteiger partial charge < -0.3 is 28.4 Å². The molecule has 0 amide bonds. The van der Waals surface area contributed by atoms with E-state index in [0.29, 0.717) is 39.6 Å². The van der Waals surface area contributed by atoms with Crippen molar-refractivity contribution in [2.45, 2.75) is 255 Å². The smallest absolute Gasteiger partial charge is 0.0723 e. The van der Waals surface area contributed by atoms with E-state index in [1.807, 2.05) is 0 Å². The van der Waals surface area contributed by atoms with Crippen LogP contribution in [0, 0.1) is 0 Å². The summed E-state index contributed by atoms with van der Waals surface area (Å²) in [6, 6.07) is 0. The molecule has 384 valence electrons. The van der Waals surface area contributed by atoms with Gasteiger partial charge in [-0.2, -0.15) is 0 Å². The minimum atomic E-state index is 0.642. The van der Waals surface area contributed by atoms with Crippen molar-refractivity contribution in [3.05, 3.63) is 66.8 Å². The van der Waals surface area contributed by atoms with Gasteiger partial charge in [0.2, 0.25) is 0 Å². The molecule has 0 radical (unpaired) electrons. The molecular weight excluding hydrogens is 853 g/mol. The van der Waals surface area contributed by atoms with Crippen molar-refractivity contribution >= 4 is 32.3 Å². The van der Waals surface area contributed by atoms with Gasteiger partial charge in [-0.3, -0.25) is 0 Å². The van der Waals surface area contributed by atoms with E-state index in [2.05, 4.69) is 41.5 Å². The molecule has 0 spiro atoms. The summed E-state index contributed by atoms with van der Waals surface area (Å²) < 4.78 is 40.9. The number of ether oxygens (including phenoxy) is 6. The minimum Gasteiger partial charge on any atom is -0.377 e. The molecule has 0 atom stereocenters. The largest absolute Gasteiger partial charge is 0.377 e. The Morgan fingerprint density at radius 1 is 0.217 bits per heavy atom. The van der Waals surface area contributed by atoms with Crippen LogP contribution in [0.1, 0.15) is 262 Å². The lowest BCUT2D eigenvalue weighted by Crippen LogP contribution is -2.10. The number of unbranched alkanes of at least 4 members (excludes halogenated alkanes) is 18. The minimum absolute atomic E-state index is 0.642. The van der Waals surface area contributed by atoms with Crippen LogP contribution in [-0.2, 0) is 87.3 Å². The van der Waals surface area contributed by atoms with E-state index in [9.17, 15) is 0 Å². The normalized spacial score (nSPS) is 13.3. The van der Waals surface area contributed by atoms with E-state index in [0.717, 1.165) is 97.4 Å². The number of hydrogen-bond donors (Lipinski definition) is 0. The standard InChI is InChI=1S/C63H96O6/c1-7-13-19-25-31-64-40-52-46-37-48-54(42-66-33-27-21-15-9-3)56(44-68-35-29-23-17-11-5)50-39-51-57(45-69-36-30-24-18-12-6)55(43-67-34-28-22-16-10-4)49-38-47(53(52)41-65-32-26-20-14-8-2)59-58(46)60(48)62(50)63(51)61(49)59/h7-45H2,1-6H3. The fourth-order valence-electron chi connectivity index (χ4n) is 12.1. The summed E-state index contributed by atoms with van der Waals surface area (Å²) in [5.74, 6) is 0. The highest BCUT2D eigenvalue weighted by molar-refractivity contribution is 6.34. The van der Waals surface area contributed by atoms with Crippen LogP contribution in [0.4, 0.5) is 0 Å².